The van der Waals surface area contributed by atoms with Crippen LogP contribution in [-0.4, -0.2) is 0 Å². The van der Waals surface area contributed by atoms with Gasteiger partial charge in [0.15, 0.2) is 0 Å². The fraction of sp³-hybridized carbons (Fsp3) is 0.333. The molecule has 0 aromatic heterocycles. The van der Waals surface area contributed by atoms with Crippen molar-refractivity contribution >= 4 is 0 Å². The maximum absolute atomic E-state index is 3.15. The van der Waals surface area contributed by atoms with Crippen LogP contribution in [0, 0.1) is 47.4 Å². The summed E-state index contributed by atoms with van der Waals surface area (Å²) in [6.45, 7) is 4.34. The van der Waals surface area contributed by atoms with Gasteiger partial charge in [-0.05, 0) is 55.3 Å². The Morgan fingerprint density at radius 1 is 0.667 bits per heavy atom. The summed E-state index contributed by atoms with van der Waals surface area (Å²) in [7, 11) is 0. The van der Waals surface area contributed by atoms with E-state index in [-0.39, 0.29) is 0 Å². The second-order valence-corrected chi connectivity index (χ2v) is 5.94. The lowest BCUT2D eigenvalue weighted by Crippen LogP contribution is -1.76. The Morgan fingerprint density at radius 3 is 1.85 bits per heavy atom. The van der Waals surface area contributed by atoms with E-state index in [4.69, 9.17) is 0 Å². The molecule has 0 saturated heterocycles. The molecular formula is C27H28. The SMILES string of the molecule is CCCCC#C/C=C\C#Cc1ccc(C#CC/C=C\C#CCCCC)cc1. The Hall–Kier alpha value is -3.06. The van der Waals surface area contributed by atoms with Crippen LogP contribution in [-0.2, 0) is 0 Å². The van der Waals surface area contributed by atoms with E-state index in [0.29, 0.717) is 6.42 Å². The van der Waals surface area contributed by atoms with E-state index in [1.54, 1.807) is 6.08 Å². The van der Waals surface area contributed by atoms with Crippen molar-refractivity contribution in [2.24, 2.45) is 0 Å². The van der Waals surface area contributed by atoms with Gasteiger partial charge in [-0.3, -0.25) is 0 Å². The highest BCUT2D eigenvalue weighted by atomic mass is 13.9. The van der Waals surface area contributed by atoms with Gasteiger partial charge in [0, 0.05) is 30.4 Å². The van der Waals surface area contributed by atoms with Crippen molar-refractivity contribution in [3.63, 3.8) is 0 Å². The highest BCUT2D eigenvalue weighted by Gasteiger charge is 1.87. The molecule has 0 radical (unpaired) electrons. The van der Waals surface area contributed by atoms with E-state index in [1.807, 2.05) is 42.5 Å². The number of allylic oxidation sites excluding steroid dienone is 4. The molecule has 1 aromatic rings. The van der Waals surface area contributed by atoms with E-state index in [1.165, 1.54) is 19.3 Å². The average molecular weight is 353 g/mol. The minimum absolute atomic E-state index is 0.716. The van der Waals surface area contributed by atoms with Crippen molar-refractivity contribution in [3.8, 4) is 47.4 Å². The molecule has 27 heavy (non-hydrogen) atoms. The van der Waals surface area contributed by atoms with Crippen LogP contribution in [0.4, 0.5) is 0 Å². The molecule has 136 valence electrons. The maximum Gasteiger partial charge on any atom is 0.0282 e. The molecule has 1 aromatic carbocycles. The third-order valence-corrected chi connectivity index (χ3v) is 3.52. The first-order valence-electron chi connectivity index (χ1n) is 9.74. The number of benzene rings is 1. The highest BCUT2D eigenvalue weighted by Crippen LogP contribution is 2.02. The number of hydrogen-bond acceptors (Lipinski definition) is 0. The molecular weight excluding hydrogens is 324 g/mol. The first-order valence-corrected chi connectivity index (χ1v) is 9.74. The van der Waals surface area contributed by atoms with Gasteiger partial charge in [-0.15, -0.1) is 0 Å². The summed E-state index contributed by atoms with van der Waals surface area (Å²) in [6, 6.07) is 7.98. The molecule has 0 bridgehead atoms. The van der Waals surface area contributed by atoms with Crippen LogP contribution in [0.15, 0.2) is 48.6 Å². The van der Waals surface area contributed by atoms with E-state index >= 15 is 0 Å². The number of rotatable bonds is 5. The van der Waals surface area contributed by atoms with E-state index < -0.39 is 0 Å². The molecule has 0 heterocycles. The van der Waals surface area contributed by atoms with Crippen molar-refractivity contribution in [1.82, 2.24) is 0 Å². The van der Waals surface area contributed by atoms with Crippen LogP contribution >= 0.6 is 0 Å². The second-order valence-electron chi connectivity index (χ2n) is 5.94. The average Bonchev–Trinajstić information content (AvgIpc) is 2.70. The van der Waals surface area contributed by atoms with Gasteiger partial charge in [-0.25, -0.2) is 0 Å². The van der Waals surface area contributed by atoms with E-state index in [0.717, 1.165) is 30.4 Å². The van der Waals surface area contributed by atoms with Crippen molar-refractivity contribution in [2.45, 2.75) is 58.8 Å². The Bertz CT molecular complexity index is 832. The Morgan fingerprint density at radius 2 is 1.22 bits per heavy atom. The number of unbranched alkanes of at least 4 members (excludes halogenated alkanes) is 4. The summed E-state index contributed by atoms with van der Waals surface area (Å²) in [6.07, 6.45) is 14.9. The Balaban J connectivity index is 2.41. The summed E-state index contributed by atoms with van der Waals surface area (Å²) < 4.78 is 0. The zero-order chi connectivity index (χ0) is 19.4. The monoisotopic (exact) mass is 352 g/mol. The molecule has 0 heteroatoms. The normalized spacial score (nSPS) is 9.41. The minimum Gasteiger partial charge on any atom is -0.0985 e. The Labute approximate surface area is 166 Å². The van der Waals surface area contributed by atoms with Crippen LogP contribution < -0.4 is 0 Å². The van der Waals surface area contributed by atoms with Gasteiger partial charge in [0.05, 0.1) is 0 Å². The van der Waals surface area contributed by atoms with Gasteiger partial charge in [-0.2, -0.15) is 0 Å². The van der Waals surface area contributed by atoms with Crippen LogP contribution in [0.5, 0.6) is 0 Å². The lowest BCUT2D eigenvalue weighted by atomic mass is 10.1. The zero-order valence-corrected chi connectivity index (χ0v) is 16.6. The molecule has 1 rings (SSSR count). The van der Waals surface area contributed by atoms with Crippen molar-refractivity contribution in [2.75, 3.05) is 0 Å². The highest BCUT2D eigenvalue weighted by molar-refractivity contribution is 5.43. The van der Waals surface area contributed by atoms with Gasteiger partial charge >= 0.3 is 0 Å². The molecule has 0 fully saturated rings. The van der Waals surface area contributed by atoms with Gasteiger partial charge in [0.1, 0.15) is 0 Å². The zero-order valence-electron chi connectivity index (χ0n) is 16.6. The van der Waals surface area contributed by atoms with Crippen LogP contribution in [0.25, 0.3) is 0 Å². The molecule has 0 unspecified atom stereocenters. The molecule has 0 saturated carbocycles. The first-order chi connectivity index (χ1) is 13.4. The maximum atomic E-state index is 3.15. The molecule has 0 aliphatic rings. The lowest BCUT2D eigenvalue weighted by Gasteiger charge is -1.90. The van der Waals surface area contributed by atoms with Crippen molar-refractivity contribution in [3.05, 3.63) is 59.7 Å². The molecule has 0 spiro atoms. The van der Waals surface area contributed by atoms with E-state index in [9.17, 15) is 0 Å². The van der Waals surface area contributed by atoms with Gasteiger partial charge in [0.25, 0.3) is 0 Å². The van der Waals surface area contributed by atoms with Crippen LogP contribution in [0.2, 0.25) is 0 Å². The molecule has 0 nitrogen and oxygen atoms in total. The number of hydrogen-bond donors (Lipinski definition) is 0. The molecule has 0 atom stereocenters. The standard InChI is InChI=1S/C27H28/c1-3-5-7-9-11-13-15-17-19-21-27-24-22-26(23-25-27)20-18-16-14-12-10-8-6-4-2/h13-16,22-25H,3-8,17H2,1-2H3/b15-13-,16-14-. The van der Waals surface area contributed by atoms with Gasteiger partial charge in [0.2, 0.25) is 0 Å². The Kier molecular flexibility index (Phi) is 13.4. The third kappa shape index (κ3) is 12.9. The van der Waals surface area contributed by atoms with Gasteiger partial charge in [-0.1, -0.05) is 80.1 Å². The lowest BCUT2D eigenvalue weighted by molar-refractivity contribution is 0.828. The minimum atomic E-state index is 0.716. The fourth-order valence-corrected chi connectivity index (χ4v) is 1.97. The predicted molar refractivity (Wildman–Crippen MR) is 118 cm³/mol. The van der Waals surface area contributed by atoms with Crippen LogP contribution in [0.3, 0.4) is 0 Å². The summed E-state index contributed by atoms with van der Waals surface area (Å²) in [5, 5.41) is 0. The summed E-state index contributed by atoms with van der Waals surface area (Å²) >= 11 is 0. The fourth-order valence-electron chi connectivity index (χ4n) is 1.97. The second kappa shape index (κ2) is 16.4. The largest absolute Gasteiger partial charge is 0.0985 e. The summed E-state index contributed by atoms with van der Waals surface area (Å²) in [4.78, 5) is 0. The van der Waals surface area contributed by atoms with Crippen molar-refractivity contribution in [1.29, 1.82) is 0 Å². The molecule has 0 aliphatic carbocycles. The third-order valence-electron chi connectivity index (χ3n) is 3.52. The topological polar surface area (TPSA) is 0 Å². The summed E-state index contributed by atoms with van der Waals surface area (Å²) in [5.41, 5.74) is 1.98. The first kappa shape index (κ1) is 22.0. The quantitative estimate of drug-likeness (QED) is 0.432. The van der Waals surface area contributed by atoms with E-state index in [2.05, 4.69) is 61.2 Å². The van der Waals surface area contributed by atoms with Gasteiger partial charge < -0.3 is 0 Å². The van der Waals surface area contributed by atoms with Crippen molar-refractivity contribution < 1.29 is 0 Å². The predicted octanol–water partition coefficient (Wildman–Crippen LogP) is 6.28. The molecule has 0 N–H and O–H groups in total. The molecule has 0 amide bonds. The summed E-state index contributed by atoms with van der Waals surface area (Å²) in [5.74, 6) is 24.7. The molecule has 0 aliphatic heterocycles. The smallest absolute Gasteiger partial charge is 0.0282 e. The van der Waals surface area contributed by atoms with Crippen LogP contribution in [0.1, 0.15) is 69.9 Å².